The summed E-state index contributed by atoms with van der Waals surface area (Å²) in [5, 5.41) is 0. The van der Waals surface area contributed by atoms with Gasteiger partial charge in [-0.15, -0.1) is 0 Å². The Labute approximate surface area is 185 Å². The van der Waals surface area contributed by atoms with Gasteiger partial charge in [0.05, 0.1) is 5.69 Å². The quantitative estimate of drug-likeness (QED) is 0.365. The van der Waals surface area contributed by atoms with Crippen LogP contribution in [0.15, 0.2) is 94.2 Å². The van der Waals surface area contributed by atoms with E-state index in [1.807, 2.05) is 43.3 Å². The van der Waals surface area contributed by atoms with Gasteiger partial charge in [-0.2, -0.15) is 0 Å². The topological polar surface area (TPSA) is 34.9 Å². The third kappa shape index (κ3) is 4.44. The summed E-state index contributed by atoms with van der Waals surface area (Å²) in [6.07, 6.45) is 1.56. The molecule has 0 radical (unpaired) electrons. The smallest absolute Gasteiger partial charge is 0.268 e. The fraction of sp³-hybridized carbons (Fsp3) is 0.154. The molecule has 0 aliphatic heterocycles. The highest BCUT2D eigenvalue weighted by atomic mass is 79.9. The molecule has 30 heavy (non-hydrogen) atoms. The first-order valence-corrected chi connectivity index (χ1v) is 10.9. The van der Waals surface area contributed by atoms with Gasteiger partial charge in [-0.25, -0.2) is 4.98 Å². The molecule has 4 heteroatoms. The molecule has 0 saturated heterocycles. The molecule has 0 atom stereocenters. The molecule has 150 valence electrons. The van der Waals surface area contributed by atoms with Gasteiger partial charge >= 0.3 is 0 Å². The first kappa shape index (κ1) is 20.3. The minimum atomic E-state index is -0.0389. The number of aryl methyl sites for hydroxylation is 2. The van der Waals surface area contributed by atoms with Crippen molar-refractivity contribution in [2.75, 3.05) is 0 Å². The lowest BCUT2D eigenvalue weighted by Crippen LogP contribution is -2.26. The zero-order valence-electron chi connectivity index (χ0n) is 16.9. The third-order valence-electron chi connectivity index (χ3n) is 5.24. The van der Waals surface area contributed by atoms with Crippen LogP contribution in [0.1, 0.15) is 22.4 Å². The first-order valence-electron chi connectivity index (χ1n) is 10.1. The standard InChI is InChI=1S/C26H23BrN2O/c1-19-24(27)26(30)29(17-16-20-10-4-2-5-11-20)25(28-19)23-15-9-8-14-22(23)18-21-12-6-3-7-13-21/h2-15H,16-18H2,1H3. The third-order valence-corrected chi connectivity index (χ3v) is 6.16. The molecule has 0 bridgehead atoms. The van der Waals surface area contributed by atoms with Crippen LogP contribution in [-0.4, -0.2) is 9.55 Å². The molecule has 1 aromatic heterocycles. The van der Waals surface area contributed by atoms with Crippen LogP contribution < -0.4 is 5.56 Å². The van der Waals surface area contributed by atoms with Gasteiger partial charge in [0.2, 0.25) is 0 Å². The summed E-state index contributed by atoms with van der Waals surface area (Å²) >= 11 is 3.44. The molecule has 0 aliphatic rings. The minimum absolute atomic E-state index is 0.0389. The first-order chi connectivity index (χ1) is 14.6. The number of rotatable bonds is 6. The molecular weight excluding hydrogens is 436 g/mol. The van der Waals surface area contributed by atoms with E-state index in [1.54, 1.807) is 4.57 Å². The Morgan fingerprint density at radius 1 is 0.833 bits per heavy atom. The highest BCUT2D eigenvalue weighted by molar-refractivity contribution is 9.10. The lowest BCUT2D eigenvalue weighted by Gasteiger charge is -2.17. The Bertz CT molecular complexity index is 1200. The number of hydrogen-bond donors (Lipinski definition) is 0. The van der Waals surface area contributed by atoms with Crippen molar-refractivity contribution >= 4 is 15.9 Å². The van der Waals surface area contributed by atoms with E-state index in [2.05, 4.69) is 64.5 Å². The summed E-state index contributed by atoms with van der Waals surface area (Å²) in [7, 11) is 0. The van der Waals surface area contributed by atoms with Gasteiger partial charge in [0, 0.05) is 12.1 Å². The molecule has 4 rings (SSSR count). The van der Waals surface area contributed by atoms with Gasteiger partial charge in [0.15, 0.2) is 0 Å². The fourth-order valence-electron chi connectivity index (χ4n) is 3.64. The van der Waals surface area contributed by atoms with E-state index in [0.29, 0.717) is 16.7 Å². The largest absolute Gasteiger partial charge is 0.291 e. The Balaban J connectivity index is 1.78. The highest BCUT2D eigenvalue weighted by Gasteiger charge is 2.16. The van der Waals surface area contributed by atoms with Crippen molar-refractivity contribution in [2.45, 2.75) is 26.3 Å². The molecule has 0 amide bonds. The van der Waals surface area contributed by atoms with Crippen LogP contribution in [0.4, 0.5) is 0 Å². The summed E-state index contributed by atoms with van der Waals surface area (Å²) in [5.74, 6) is 0.725. The monoisotopic (exact) mass is 458 g/mol. The molecular formula is C26H23BrN2O. The second kappa shape index (κ2) is 9.23. The van der Waals surface area contributed by atoms with E-state index >= 15 is 0 Å². The summed E-state index contributed by atoms with van der Waals surface area (Å²) in [5.41, 5.74) is 5.26. The molecule has 4 aromatic rings. The Kier molecular flexibility index (Phi) is 6.24. The lowest BCUT2D eigenvalue weighted by atomic mass is 9.99. The second-order valence-corrected chi connectivity index (χ2v) is 8.14. The zero-order valence-corrected chi connectivity index (χ0v) is 18.5. The summed E-state index contributed by atoms with van der Waals surface area (Å²) in [6.45, 7) is 2.44. The van der Waals surface area contributed by atoms with E-state index in [-0.39, 0.29) is 5.56 Å². The fourth-order valence-corrected chi connectivity index (χ4v) is 3.95. The summed E-state index contributed by atoms with van der Waals surface area (Å²) in [6, 6.07) is 28.8. The van der Waals surface area contributed by atoms with Crippen LogP contribution in [0, 0.1) is 6.92 Å². The maximum absolute atomic E-state index is 13.2. The SMILES string of the molecule is Cc1nc(-c2ccccc2Cc2ccccc2)n(CCc2ccccc2)c(=O)c1Br. The van der Waals surface area contributed by atoms with E-state index in [4.69, 9.17) is 4.98 Å². The van der Waals surface area contributed by atoms with Gasteiger partial charge in [0.25, 0.3) is 5.56 Å². The van der Waals surface area contributed by atoms with E-state index in [9.17, 15) is 4.79 Å². The molecule has 3 nitrogen and oxygen atoms in total. The van der Waals surface area contributed by atoms with E-state index in [0.717, 1.165) is 29.8 Å². The number of halogens is 1. The van der Waals surface area contributed by atoms with Crippen LogP contribution in [0.25, 0.3) is 11.4 Å². The van der Waals surface area contributed by atoms with Crippen molar-refractivity contribution in [1.82, 2.24) is 9.55 Å². The van der Waals surface area contributed by atoms with Crippen LogP contribution in [0.5, 0.6) is 0 Å². The molecule has 3 aromatic carbocycles. The predicted molar refractivity (Wildman–Crippen MR) is 126 cm³/mol. The molecule has 0 saturated carbocycles. The van der Waals surface area contributed by atoms with E-state index < -0.39 is 0 Å². The van der Waals surface area contributed by atoms with E-state index in [1.165, 1.54) is 11.1 Å². The number of nitrogens with zero attached hydrogens (tertiary/aromatic N) is 2. The van der Waals surface area contributed by atoms with Crippen molar-refractivity contribution in [3.05, 3.63) is 122 Å². The second-order valence-electron chi connectivity index (χ2n) is 7.35. The van der Waals surface area contributed by atoms with Crippen molar-refractivity contribution in [3.63, 3.8) is 0 Å². The molecule has 0 unspecified atom stereocenters. The minimum Gasteiger partial charge on any atom is -0.291 e. The lowest BCUT2D eigenvalue weighted by molar-refractivity contribution is 0.656. The van der Waals surface area contributed by atoms with Gasteiger partial charge in [0.1, 0.15) is 10.3 Å². The Morgan fingerprint density at radius 3 is 2.13 bits per heavy atom. The number of hydrogen-bond acceptors (Lipinski definition) is 2. The molecule has 1 heterocycles. The van der Waals surface area contributed by atoms with Crippen molar-refractivity contribution < 1.29 is 0 Å². The van der Waals surface area contributed by atoms with Crippen LogP contribution in [0.3, 0.4) is 0 Å². The van der Waals surface area contributed by atoms with Crippen molar-refractivity contribution in [1.29, 1.82) is 0 Å². The maximum atomic E-state index is 13.2. The normalized spacial score (nSPS) is 10.9. The predicted octanol–water partition coefficient (Wildman–Crippen LogP) is 5.81. The average Bonchev–Trinajstić information content (AvgIpc) is 2.78. The van der Waals surface area contributed by atoms with Crippen LogP contribution in [0.2, 0.25) is 0 Å². The van der Waals surface area contributed by atoms with Gasteiger partial charge in [-0.05, 0) is 52.4 Å². The summed E-state index contributed by atoms with van der Waals surface area (Å²) < 4.78 is 2.33. The Morgan fingerprint density at radius 2 is 1.43 bits per heavy atom. The summed E-state index contributed by atoms with van der Waals surface area (Å²) in [4.78, 5) is 18.0. The number of aromatic nitrogens is 2. The van der Waals surface area contributed by atoms with Crippen molar-refractivity contribution in [3.8, 4) is 11.4 Å². The molecule has 0 spiro atoms. The van der Waals surface area contributed by atoms with Gasteiger partial charge in [-0.3, -0.25) is 9.36 Å². The van der Waals surface area contributed by atoms with Crippen molar-refractivity contribution in [2.24, 2.45) is 0 Å². The zero-order chi connectivity index (χ0) is 20.9. The van der Waals surface area contributed by atoms with Gasteiger partial charge in [-0.1, -0.05) is 84.9 Å². The molecule has 0 fully saturated rings. The average molecular weight is 459 g/mol. The molecule has 0 aliphatic carbocycles. The van der Waals surface area contributed by atoms with Gasteiger partial charge < -0.3 is 0 Å². The molecule has 0 N–H and O–H groups in total. The maximum Gasteiger partial charge on any atom is 0.268 e. The highest BCUT2D eigenvalue weighted by Crippen LogP contribution is 2.25. The number of benzene rings is 3. The van der Waals surface area contributed by atoms with Crippen LogP contribution in [-0.2, 0) is 19.4 Å². The Hall–Kier alpha value is -2.98. The van der Waals surface area contributed by atoms with Crippen LogP contribution >= 0.6 is 15.9 Å².